The van der Waals surface area contributed by atoms with E-state index in [0.717, 1.165) is 29.7 Å². The topological polar surface area (TPSA) is 112 Å². The minimum Gasteiger partial charge on any atom is -0.459 e. The van der Waals surface area contributed by atoms with Crippen LogP contribution in [0, 0.1) is 6.92 Å². The summed E-state index contributed by atoms with van der Waals surface area (Å²) in [5.74, 6) is -0.121. The number of hydrogen-bond acceptors (Lipinski definition) is 8. The molecule has 26 heavy (non-hydrogen) atoms. The van der Waals surface area contributed by atoms with Gasteiger partial charge < -0.3 is 14.5 Å². The molecule has 1 aliphatic carbocycles. The number of ether oxygens (including phenoxy) is 1. The highest BCUT2D eigenvalue weighted by Crippen LogP contribution is 2.34. The van der Waals surface area contributed by atoms with Crippen LogP contribution < -0.4 is 5.32 Å². The van der Waals surface area contributed by atoms with Crippen molar-refractivity contribution in [3.63, 3.8) is 0 Å². The van der Waals surface area contributed by atoms with Gasteiger partial charge in [0.15, 0.2) is 18.2 Å². The molecule has 0 aliphatic heterocycles. The first-order valence-electron chi connectivity index (χ1n) is 8.01. The third kappa shape index (κ3) is 3.36. The smallest absolute Gasteiger partial charge is 0.349 e. The molecule has 9 nitrogen and oxygen atoms in total. The van der Waals surface area contributed by atoms with E-state index in [1.54, 1.807) is 29.8 Å². The normalized spacial score (nSPS) is 13.6. The van der Waals surface area contributed by atoms with E-state index in [4.69, 9.17) is 9.15 Å². The summed E-state index contributed by atoms with van der Waals surface area (Å²) in [5.41, 5.74) is 0.719. The zero-order valence-electron chi connectivity index (χ0n) is 13.8. The van der Waals surface area contributed by atoms with Gasteiger partial charge >= 0.3 is 5.97 Å². The number of hydrogen-bond donors (Lipinski definition) is 1. The van der Waals surface area contributed by atoms with Crippen molar-refractivity contribution < 1.29 is 18.7 Å². The van der Waals surface area contributed by atoms with Crippen LogP contribution in [0.4, 0.5) is 5.00 Å². The van der Waals surface area contributed by atoms with Crippen LogP contribution in [0.5, 0.6) is 0 Å². The number of carbonyl (C=O) groups excluding carboxylic acids is 2. The summed E-state index contributed by atoms with van der Waals surface area (Å²) in [6.07, 6.45) is 3.50. The van der Waals surface area contributed by atoms with Crippen molar-refractivity contribution in [1.29, 1.82) is 0 Å². The standard InChI is InChI=1S/C16H15N5O4S/c1-9-7-13(17-15(22)11-3-2-6-24-11)26-14(9)16(23)25-8-12-18-19-20-21(12)10-4-5-10/h2-3,6-7,10H,4-5,8H2,1H3,(H,17,22). The Hall–Kier alpha value is -3.01. The molecule has 0 unspecified atom stereocenters. The van der Waals surface area contributed by atoms with Crippen LogP contribution >= 0.6 is 11.3 Å². The molecule has 0 atom stereocenters. The van der Waals surface area contributed by atoms with Gasteiger partial charge in [0.25, 0.3) is 5.91 Å². The van der Waals surface area contributed by atoms with Crippen LogP contribution in [0.15, 0.2) is 28.9 Å². The Morgan fingerprint density at radius 3 is 3.04 bits per heavy atom. The van der Waals surface area contributed by atoms with Crippen LogP contribution in [-0.2, 0) is 11.3 Å². The molecular weight excluding hydrogens is 358 g/mol. The number of furan rings is 1. The molecule has 1 amide bonds. The van der Waals surface area contributed by atoms with Crippen LogP contribution in [-0.4, -0.2) is 32.1 Å². The summed E-state index contributed by atoms with van der Waals surface area (Å²) in [5, 5.41) is 14.7. The molecule has 1 aliphatic rings. The maximum atomic E-state index is 12.4. The van der Waals surface area contributed by atoms with Crippen molar-refractivity contribution in [1.82, 2.24) is 20.2 Å². The molecule has 0 saturated heterocycles. The third-order valence-electron chi connectivity index (χ3n) is 3.87. The average molecular weight is 373 g/mol. The van der Waals surface area contributed by atoms with Crippen LogP contribution in [0.3, 0.4) is 0 Å². The van der Waals surface area contributed by atoms with Crippen molar-refractivity contribution in [2.45, 2.75) is 32.4 Å². The third-order valence-corrected chi connectivity index (χ3v) is 5.00. The summed E-state index contributed by atoms with van der Waals surface area (Å²) in [7, 11) is 0. The Morgan fingerprint density at radius 2 is 2.31 bits per heavy atom. The van der Waals surface area contributed by atoms with Gasteiger partial charge in [0.1, 0.15) is 4.88 Å². The number of carbonyl (C=O) groups is 2. The number of aromatic nitrogens is 4. The van der Waals surface area contributed by atoms with E-state index in [9.17, 15) is 9.59 Å². The zero-order chi connectivity index (χ0) is 18.1. The largest absolute Gasteiger partial charge is 0.459 e. The van der Waals surface area contributed by atoms with E-state index in [2.05, 4.69) is 20.8 Å². The monoisotopic (exact) mass is 373 g/mol. The fraction of sp³-hybridized carbons (Fsp3) is 0.312. The van der Waals surface area contributed by atoms with Gasteiger partial charge in [-0.25, -0.2) is 9.48 Å². The number of esters is 1. The van der Waals surface area contributed by atoms with Gasteiger partial charge in [-0.05, 0) is 54.0 Å². The summed E-state index contributed by atoms with van der Waals surface area (Å²) in [4.78, 5) is 24.8. The second-order valence-electron chi connectivity index (χ2n) is 5.90. The minimum absolute atomic E-state index is 0.00770. The summed E-state index contributed by atoms with van der Waals surface area (Å²) < 4.78 is 12.1. The number of anilines is 1. The molecule has 3 aromatic rings. The second kappa shape index (κ2) is 6.71. The average Bonchev–Trinajstić information content (AvgIpc) is 3.04. The molecule has 1 saturated carbocycles. The van der Waals surface area contributed by atoms with E-state index >= 15 is 0 Å². The van der Waals surface area contributed by atoms with Crippen molar-refractivity contribution in [3.05, 3.63) is 46.5 Å². The molecule has 3 heterocycles. The Kier molecular flexibility index (Phi) is 4.25. The first kappa shape index (κ1) is 16.5. The van der Waals surface area contributed by atoms with Crippen molar-refractivity contribution >= 4 is 28.2 Å². The number of tetrazole rings is 1. The Bertz CT molecular complexity index is 942. The highest BCUT2D eigenvalue weighted by Gasteiger charge is 2.28. The quantitative estimate of drug-likeness (QED) is 0.661. The summed E-state index contributed by atoms with van der Waals surface area (Å²) >= 11 is 1.15. The lowest BCUT2D eigenvalue weighted by Crippen LogP contribution is -2.10. The van der Waals surface area contributed by atoms with Gasteiger partial charge in [0.05, 0.1) is 17.3 Å². The van der Waals surface area contributed by atoms with Gasteiger partial charge in [-0.1, -0.05) is 0 Å². The molecule has 1 N–H and O–H groups in total. The molecule has 4 rings (SSSR count). The SMILES string of the molecule is Cc1cc(NC(=O)c2ccco2)sc1C(=O)OCc1nnnn1C1CC1. The van der Waals surface area contributed by atoms with E-state index in [-0.39, 0.29) is 18.3 Å². The maximum Gasteiger partial charge on any atom is 0.349 e. The maximum absolute atomic E-state index is 12.4. The number of nitrogens with one attached hydrogen (secondary N) is 1. The van der Waals surface area contributed by atoms with Crippen molar-refractivity contribution in [3.8, 4) is 0 Å². The highest BCUT2D eigenvalue weighted by molar-refractivity contribution is 7.18. The van der Waals surface area contributed by atoms with Gasteiger partial charge in [-0.2, -0.15) is 0 Å². The fourth-order valence-corrected chi connectivity index (χ4v) is 3.39. The number of nitrogens with zero attached hydrogens (tertiary/aromatic N) is 4. The summed E-state index contributed by atoms with van der Waals surface area (Å²) in [6.45, 7) is 1.79. The molecule has 0 radical (unpaired) electrons. The van der Waals surface area contributed by atoms with E-state index in [1.807, 2.05) is 0 Å². The molecule has 10 heteroatoms. The Labute approximate surface area is 151 Å². The van der Waals surface area contributed by atoms with Crippen LogP contribution in [0.25, 0.3) is 0 Å². The van der Waals surface area contributed by atoms with E-state index < -0.39 is 5.97 Å². The predicted molar refractivity (Wildman–Crippen MR) is 90.9 cm³/mol. The molecule has 1 fully saturated rings. The predicted octanol–water partition coefficient (Wildman–Crippen LogP) is 2.58. The highest BCUT2D eigenvalue weighted by atomic mass is 32.1. The van der Waals surface area contributed by atoms with Gasteiger partial charge in [0.2, 0.25) is 0 Å². The number of amides is 1. The molecule has 3 aromatic heterocycles. The number of aryl methyl sites for hydroxylation is 1. The van der Waals surface area contributed by atoms with Gasteiger partial charge in [-0.15, -0.1) is 16.4 Å². The molecule has 0 aromatic carbocycles. The molecular formula is C16H15N5O4S. The van der Waals surface area contributed by atoms with Gasteiger partial charge in [-0.3, -0.25) is 4.79 Å². The molecule has 134 valence electrons. The molecule has 0 bridgehead atoms. The first-order chi connectivity index (χ1) is 12.6. The van der Waals surface area contributed by atoms with E-state index in [1.165, 1.54) is 6.26 Å². The Balaban J connectivity index is 1.40. The fourth-order valence-electron chi connectivity index (χ4n) is 2.43. The van der Waals surface area contributed by atoms with Gasteiger partial charge in [0, 0.05) is 0 Å². The van der Waals surface area contributed by atoms with Crippen molar-refractivity contribution in [2.75, 3.05) is 5.32 Å². The number of rotatable bonds is 6. The number of thiophene rings is 1. The second-order valence-corrected chi connectivity index (χ2v) is 6.95. The Morgan fingerprint density at radius 1 is 1.46 bits per heavy atom. The minimum atomic E-state index is -0.476. The molecule has 0 spiro atoms. The van der Waals surface area contributed by atoms with E-state index in [0.29, 0.717) is 21.7 Å². The van der Waals surface area contributed by atoms with Crippen LogP contribution in [0.2, 0.25) is 0 Å². The van der Waals surface area contributed by atoms with Crippen LogP contribution in [0.1, 0.15) is 50.5 Å². The lowest BCUT2D eigenvalue weighted by molar-refractivity contribution is 0.0461. The lowest BCUT2D eigenvalue weighted by Gasteiger charge is -2.04. The zero-order valence-corrected chi connectivity index (χ0v) is 14.7. The first-order valence-corrected chi connectivity index (χ1v) is 8.82. The lowest BCUT2D eigenvalue weighted by atomic mass is 10.3. The summed E-state index contributed by atoms with van der Waals surface area (Å²) in [6, 6.07) is 5.23. The van der Waals surface area contributed by atoms with Crippen molar-refractivity contribution in [2.24, 2.45) is 0 Å².